The van der Waals surface area contributed by atoms with Crippen LogP contribution in [0.2, 0.25) is 0 Å². The summed E-state index contributed by atoms with van der Waals surface area (Å²) in [6, 6.07) is 5.78. The molecule has 0 aliphatic heterocycles. The number of anilines is 2. The van der Waals surface area contributed by atoms with E-state index in [2.05, 4.69) is 17.1 Å². The Morgan fingerprint density at radius 2 is 2.15 bits per heavy atom. The summed E-state index contributed by atoms with van der Waals surface area (Å²) < 4.78 is 6.53. The summed E-state index contributed by atoms with van der Waals surface area (Å²) >= 11 is 3.12. The second-order valence-corrected chi connectivity index (χ2v) is 6.67. The number of benzene rings is 1. The summed E-state index contributed by atoms with van der Waals surface area (Å²) in [5.74, 6) is 0.731. The minimum Gasteiger partial charge on any atom is -0.491 e. The molecule has 2 rings (SSSR count). The van der Waals surface area contributed by atoms with Crippen LogP contribution < -0.4 is 15.4 Å². The lowest BCUT2D eigenvalue weighted by molar-refractivity contribution is 0.318. The Bertz CT molecular complexity index is 571. The third-order valence-electron chi connectivity index (χ3n) is 2.43. The first-order valence-corrected chi connectivity index (χ1v) is 7.94. The highest BCUT2D eigenvalue weighted by atomic mass is 32.2. The van der Waals surface area contributed by atoms with Gasteiger partial charge in [0.1, 0.15) is 5.75 Å². The lowest BCUT2D eigenvalue weighted by Gasteiger charge is -2.09. The van der Waals surface area contributed by atoms with Gasteiger partial charge in [-0.05, 0) is 24.6 Å². The van der Waals surface area contributed by atoms with E-state index < -0.39 is 0 Å². The molecule has 2 aromatic rings. The minimum atomic E-state index is 0.661. The first kappa shape index (κ1) is 14.9. The predicted octanol–water partition coefficient (Wildman–Crippen LogP) is 3.13. The highest BCUT2D eigenvalue weighted by Gasteiger charge is 2.09. The zero-order valence-corrected chi connectivity index (χ0v) is 13.4. The fourth-order valence-corrected chi connectivity index (χ4v) is 3.21. The van der Waals surface area contributed by atoms with Crippen LogP contribution in [0.15, 0.2) is 27.4 Å². The van der Waals surface area contributed by atoms with Crippen LogP contribution in [0.25, 0.3) is 0 Å². The predicted molar refractivity (Wildman–Crippen MR) is 85.0 cm³/mol. The highest BCUT2D eigenvalue weighted by molar-refractivity contribution is 8.01. The van der Waals surface area contributed by atoms with Crippen molar-refractivity contribution in [3.63, 3.8) is 0 Å². The molecule has 0 spiro atoms. The Hall–Kier alpha value is -1.47. The molecule has 0 aliphatic rings. The maximum absolute atomic E-state index is 5.90. The van der Waals surface area contributed by atoms with Crippen LogP contribution in [0.3, 0.4) is 0 Å². The van der Waals surface area contributed by atoms with Crippen molar-refractivity contribution in [3.8, 4) is 5.75 Å². The van der Waals surface area contributed by atoms with Gasteiger partial charge in [0.2, 0.25) is 5.13 Å². The molecule has 2 N–H and O–H groups in total. The third kappa shape index (κ3) is 3.77. The Labute approximate surface area is 127 Å². The molecule has 1 heterocycles. The number of hydrogen-bond donors (Lipinski definition) is 1. The SMILES string of the molecule is CCCOc1cc(Sc2nnc(N(C)C)s2)ccc1N. The van der Waals surface area contributed by atoms with Crippen LogP contribution in [-0.2, 0) is 0 Å². The van der Waals surface area contributed by atoms with Gasteiger partial charge in [0.15, 0.2) is 4.34 Å². The van der Waals surface area contributed by atoms with Crippen molar-refractivity contribution in [1.29, 1.82) is 0 Å². The van der Waals surface area contributed by atoms with E-state index in [0.717, 1.165) is 26.5 Å². The summed E-state index contributed by atoms with van der Waals surface area (Å²) in [6.45, 7) is 2.74. The molecule has 0 fully saturated rings. The number of rotatable bonds is 6. The molecule has 0 bridgehead atoms. The van der Waals surface area contributed by atoms with Crippen molar-refractivity contribution in [2.24, 2.45) is 0 Å². The molecule has 108 valence electrons. The largest absolute Gasteiger partial charge is 0.491 e. The summed E-state index contributed by atoms with van der Waals surface area (Å²) in [7, 11) is 3.91. The van der Waals surface area contributed by atoms with E-state index in [1.54, 1.807) is 23.1 Å². The lowest BCUT2D eigenvalue weighted by Crippen LogP contribution is -2.07. The standard InChI is InChI=1S/C13H18N4OS2/c1-4-7-18-11-8-9(5-6-10(11)14)19-13-16-15-12(20-13)17(2)3/h5-6,8H,4,7,14H2,1-3H3. The molecular weight excluding hydrogens is 292 g/mol. The number of nitrogen functional groups attached to an aromatic ring is 1. The first-order valence-electron chi connectivity index (χ1n) is 6.31. The molecule has 5 nitrogen and oxygen atoms in total. The first-order chi connectivity index (χ1) is 9.60. The summed E-state index contributed by atoms with van der Waals surface area (Å²) in [5, 5.41) is 9.18. The van der Waals surface area contributed by atoms with E-state index in [4.69, 9.17) is 10.5 Å². The molecular formula is C13H18N4OS2. The quantitative estimate of drug-likeness (QED) is 0.827. The minimum absolute atomic E-state index is 0.661. The maximum Gasteiger partial charge on any atom is 0.208 e. The highest BCUT2D eigenvalue weighted by Crippen LogP contribution is 2.35. The maximum atomic E-state index is 5.90. The van der Waals surface area contributed by atoms with Crippen molar-refractivity contribution in [2.45, 2.75) is 22.6 Å². The Morgan fingerprint density at radius 3 is 2.80 bits per heavy atom. The number of nitrogens with zero attached hydrogens (tertiary/aromatic N) is 3. The van der Waals surface area contributed by atoms with Crippen molar-refractivity contribution in [1.82, 2.24) is 10.2 Å². The second-order valence-electron chi connectivity index (χ2n) is 4.40. The molecule has 20 heavy (non-hydrogen) atoms. The lowest BCUT2D eigenvalue weighted by atomic mass is 10.3. The van der Waals surface area contributed by atoms with E-state index in [0.29, 0.717) is 12.3 Å². The van der Waals surface area contributed by atoms with Crippen molar-refractivity contribution >= 4 is 33.9 Å². The fourth-order valence-electron chi connectivity index (χ4n) is 1.44. The molecule has 1 aromatic heterocycles. The smallest absolute Gasteiger partial charge is 0.208 e. The van der Waals surface area contributed by atoms with Crippen molar-refractivity contribution in [2.75, 3.05) is 31.3 Å². The van der Waals surface area contributed by atoms with Crippen LogP contribution in [0, 0.1) is 0 Å². The molecule has 7 heteroatoms. The molecule has 0 saturated heterocycles. The van der Waals surface area contributed by atoms with E-state index in [1.807, 2.05) is 37.2 Å². The van der Waals surface area contributed by atoms with Gasteiger partial charge in [-0.15, -0.1) is 10.2 Å². The molecule has 0 aliphatic carbocycles. The van der Waals surface area contributed by atoms with Gasteiger partial charge in [-0.1, -0.05) is 30.0 Å². The number of hydrogen-bond acceptors (Lipinski definition) is 7. The van der Waals surface area contributed by atoms with E-state index in [-0.39, 0.29) is 0 Å². The van der Waals surface area contributed by atoms with Gasteiger partial charge >= 0.3 is 0 Å². The van der Waals surface area contributed by atoms with Gasteiger partial charge in [0.25, 0.3) is 0 Å². The van der Waals surface area contributed by atoms with Gasteiger partial charge < -0.3 is 15.4 Å². The van der Waals surface area contributed by atoms with Gasteiger partial charge in [0, 0.05) is 19.0 Å². The molecule has 0 unspecified atom stereocenters. The van der Waals surface area contributed by atoms with Crippen LogP contribution in [-0.4, -0.2) is 30.9 Å². The van der Waals surface area contributed by atoms with Crippen LogP contribution in [0.5, 0.6) is 5.75 Å². The van der Waals surface area contributed by atoms with E-state index in [1.165, 1.54) is 0 Å². The van der Waals surface area contributed by atoms with E-state index >= 15 is 0 Å². The van der Waals surface area contributed by atoms with Gasteiger partial charge in [-0.3, -0.25) is 0 Å². The summed E-state index contributed by atoms with van der Waals surface area (Å²) in [4.78, 5) is 2.99. The van der Waals surface area contributed by atoms with Crippen molar-refractivity contribution < 1.29 is 4.74 Å². The zero-order chi connectivity index (χ0) is 14.5. The summed E-state index contributed by atoms with van der Waals surface area (Å²) in [6.07, 6.45) is 0.958. The number of aromatic nitrogens is 2. The number of nitrogens with two attached hydrogens (primary N) is 1. The fraction of sp³-hybridized carbons (Fsp3) is 0.385. The van der Waals surface area contributed by atoms with Gasteiger partial charge in [0.05, 0.1) is 12.3 Å². The Morgan fingerprint density at radius 1 is 1.35 bits per heavy atom. The molecule has 0 saturated carbocycles. The topological polar surface area (TPSA) is 64.3 Å². The van der Waals surface area contributed by atoms with E-state index in [9.17, 15) is 0 Å². The van der Waals surface area contributed by atoms with Gasteiger partial charge in [-0.25, -0.2) is 0 Å². The zero-order valence-electron chi connectivity index (χ0n) is 11.8. The van der Waals surface area contributed by atoms with Gasteiger partial charge in [-0.2, -0.15) is 0 Å². The average Bonchev–Trinajstić information content (AvgIpc) is 2.88. The summed E-state index contributed by atoms with van der Waals surface area (Å²) in [5.41, 5.74) is 6.56. The van der Waals surface area contributed by atoms with Crippen LogP contribution in [0.4, 0.5) is 10.8 Å². The van der Waals surface area contributed by atoms with Crippen LogP contribution >= 0.6 is 23.1 Å². The van der Waals surface area contributed by atoms with Crippen LogP contribution in [0.1, 0.15) is 13.3 Å². The second kappa shape index (κ2) is 6.81. The number of ether oxygens (including phenoxy) is 1. The molecule has 1 aromatic carbocycles. The molecule has 0 atom stereocenters. The monoisotopic (exact) mass is 310 g/mol. The van der Waals surface area contributed by atoms with Crippen molar-refractivity contribution in [3.05, 3.63) is 18.2 Å². The average molecular weight is 310 g/mol. The molecule has 0 radical (unpaired) electrons. The third-order valence-corrected chi connectivity index (χ3v) is 4.56. The molecule has 0 amide bonds. The Kier molecular flexibility index (Phi) is 5.08. The normalized spacial score (nSPS) is 10.6. The Balaban J connectivity index is 2.12.